The summed E-state index contributed by atoms with van der Waals surface area (Å²) >= 11 is 18.4. The molecule has 1 aromatic heterocycles. The predicted octanol–water partition coefficient (Wildman–Crippen LogP) is 6.77. The van der Waals surface area contributed by atoms with E-state index in [2.05, 4.69) is 33.4 Å². The van der Waals surface area contributed by atoms with Gasteiger partial charge in [0, 0.05) is 34.2 Å². The molecule has 4 rings (SSSR count). The zero-order valence-electron chi connectivity index (χ0n) is 15.4. The van der Waals surface area contributed by atoms with Crippen LogP contribution in [0.15, 0.2) is 78.0 Å². The molecule has 0 aliphatic carbocycles. The van der Waals surface area contributed by atoms with Crippen LogP contribution < -0.4 is 5.43 Å². The highest BCUT2D eigenvalue weighted by Crippen LogP contribution is 2.25. The van der Waals surface area contributed by atoms with E-state index in [9.17, 15) is 0 Å². The van der Waals surface area contributed by atoms with Gasteiger partial charge in [0.25, 0.3) is 0 Å². The minimum atomic E-state index is 0.560. The maximum Gasteiger partial charge on any atom is 0.0595 e. The van der Waals surface area contributed by atoms with Gasteiger partial charge in [0.1, 0.15) is 0 Å². The summed E-state index contributed by atoms with van der Waals surface area (Å²) in [5.41, 5.74) is 7.33. The quantitative estimate of drug-likeness (QED) is 0.259. The van der Waals surface area contributed by atoms with E-state index in [0.29, 0.717) is 23.1 Å². The highest BCUT2D eigenvalue weighted by molar-refractivity contribution is 6.42. The number of fused-ring (bicyclic) bond motifs is 1. The molecule has 0 unspecified atom stereocenters. The molecule has 146 valence electrons. The van der Waals surface area contributed by atoms with Crippen molar-refractivity contribution in [3.63, 3.8) is 0 Å². The molecule has 0 fully saturated rings. The number of benzene rings is 3. The lowest BCUT2D eigenvalue weighted by molar-refractivity contribution is 0.748. The van der Waals surface area contributed by atoms with Crippen LogP contribution in [0.25, 0.3) is 10.9 Å². The predicted molar refractivity (Wildman–Crippen MR) is 123 cm³/mol. The van der Waals surface area contributed by atoms with Crippen LogP contribution >= 0.6 is 34.8 Å². The van der Waals surface area contributed by atoms with Crippen molar-refractivity contribution in [2.45, 2.75) is 13.1 Å². The Morgan fingerprint density at radius 3 is 2.48 bits per heavy atom. The van der Waals surface area contributed by atoms with Gasteiger partial charge in [-0.1, -0.05) is 77.3 Å². The molecule has 0 aliphatic rings. The third-order valence-electron chi connectivity index (χ3n) is 4.68. The zero-order chi connectivity index (χ0) is 20.2. The van der Waals surface area contributed by atoms with Gasteiger partial charge < -0.3 is 9.99 Å². The van der Waals surface area contributed by atoms with E-state index in [1.165, 1.54) is 0 Å². The van der Waals surface area contributed by atoms with Gasteiger partial charge in [-0.15, -0.1) is 0 Å². The Kier molecular flexibility index (Phi) is 6.10. The molecule has 1 heterocycles. The Labute approximate surface area is 184 Å². The Balaban J connectivity index is 1.55. The maximum atomic E-state index is 6.19. The van der Waals surface area contributed by atoms with Crippen LogP contribution in [-0.4, -0.2) is 10.8 Å². The first-order valence-electron chi connectivity index (χ1n) is 9.13. The summed E-state index contributed by atoms with van der Waals surface area (Å²) in [4.78, 5) is 0. The van der Waals surface area contributed by atoms with Gasteiger partial charge in [-0.05, 0) is 35.4 Å². The summed E-state index contributed by atoms with van der Waals surface area (Å²) < 4.78 is 2.18. The molecule has 4 aromatic rings. The van der Waals surface area contributed by atoms with Crippen LogP contribution in [0.2, 0.25) is 15.1 Å². The van der Waals surface area contributed by atoms with E-state index >= 15 is 0 Å². The third kappa shape index (κ3) is 4.59. The van der Waals surface area contributed by atoms with Crippen molar-refractivity contribution in [3.05, 3.63) is 105 Å². The van der Waals surface area contributed by atoms with Gasteiger partial charge in [0.15, 0.2) is 0 Å². The van der Waals surface area contributed by atoms with Crippen LogP contribution in [0.3, 0.4) is 0 Å². The van der Waals surface area contributed by atoms with Crippen molar-refractivity contribution < 1.29 is 0 Å². The molecule has 0 aliphatic heterocycles. The van der Waals surface area contributed by atoms with Gasteiger partial charge in [-0.25, -0.2) is 0 Å². The van der Waals surface area contributed by atoms with Crippen LogP contribution in [0, 0.1) is 0 Å². The smallest absolute Gasteiger partial charge is 0.0595 e. The minimum Gasteiger partial charge on any atom is -0.342 e. The molecule has 3 aromatic carbocycles. The molecule has 0 atom stereocenters. The van der Waals surface area contributed by atoms with Crippen molar-refractivity contribution in [2.75, 3.05) is 0 Å². The summed E-state index contributed by atoms with van der Waals surface area (Å²) in [6.07, 6.45) is 3.93. The lowest BCUT2D eigenvalue weighted by Crippen LogP contribution is -2.05. The van der Waals surface area contributed by atoms with E-state index in [0.717, 1.165) is 32.6 Å². The third-order valence-corrected chi connectivity index (χ3v) is 5.79. The molecule has 0 saturated heterocycles. The normalized spacial score (nSPS) is 11.4. The number of hydrazone groups is 1. The second kappa shape index (κ2) is 8.91. The second-order valence-corrected chi connectivity index (χ2v) is 7.88. The first-order valence-corrected chi connectivity index (χ1v) is 10.3. The first kappa shape index (κ1) is 19.8. The van der Waals surface area contributed by atoms with Crippen LogP contribution in [0.1, 0.15) is 16.7 Å². The molecular formula is C23H18Cl3N3. The standard InChI is InChI=1S/C23H18Cl3N3/c24-20-7-3-1-5-17(20)12-27-28-13-18-15-29(23-8-4-2-6-19(18)23)14-16-9-10-21(25)22(26)11-16/h1-11,13,15,27H,12,14H2/b28-13-. The fourth-order valence-corrected chi connectivity index (χ4v) is 3.75. The number of halogens is 3. The van der Waals surface area contributed by atoms with E-state index in [-0.39, 0.29) is 0 Å². The van der Waals surface area contributed by atoms with Crippen molar-refractivity contribution in [1.82, 2.24) is 9.99 Å². The molecule has 29 heavy (non-hydrogen) atoms. The number of nitrogens with one attached hydrogen (secondary N) is 1. The van der Waals surface area contributed by atoms with Gasteiger partial charge in [-0.3, -0.25) is 0 Å². The average Bonchev–Trinajstić information content (AvgIpc) is 3.07. The second-order valence-electron chi connectivity index (χ2n) is 6.66. The minimum absolute atomic E-state index is 0.560. The number of hydrogen-bond donors (Lipinski definition) is 1. The lowest BCUT2D eigenvalue weighted by atomic mass is 10.2. The van der Waals surface area contributed by atoms with Crippen molar-refractivity contribution in [1.29, 1.82) is 0 Å². The molecule has 0 bridgehead atoms. The first-order chi connectivity index (χ1) is 14.1. The molecule has 0 amide bonds. The van der Waals surface area contributed by atoms with Gasteiger partial charge in [-0.2, -0.15) is 5.10 Å². The van der Waals surface area contributed by atoms with Gasteiger partial charge >= 0.3 is 0 Å². The van der Waals surface area contributed by atoms with Crippen LogP contribution in [-0.2, 0) is 13.1 Å². The summed E-state index contributed by atoms with van der Waals surface area (Å²) in [6.45, 7) is 1.26. The van der Waals surface area contributed by atoms with Crippen LogP contribution in [0.5, 0.6) is 0 Å². The van der Waals surface area contributed by atoms with Gasteiger partial charge in [0.05, 0.1) is 22.8 Å². The number of aromatic nitrogens is 1. The maximum absolute atomic E-state index is 6.19. The molecule has 0 spiro atoms. The van der Waals surface area contributed by atoms with E-state index in [4.69, 9.17) is 34.8 Å². The average molecular weight is 443 g/mol. The van der Waals surface area contributed by atoms with Crippen LogP contribution in [0.4, 0.5) is 0 Å². The number of hydrogen-bond acceptors (Lipinski definition) is 2. The monoisotopic (exact) mass is 441 g/mol. The largest absolute Gasteiger partial charge is 0.342 e. The highest BCUT2D eigenvalue weighted by atomic mass is 35.5. The SMILES string of the molecule is Clc1ccc(Cn2cc(/C=N\NCc3ccccc3Cl)c3ccccc32)cc1Cl. The summed E-state index contributed by atoms with van der Waals surface area (Å²) in [7, 11) is 0. The molecule has 1 N–H and O–H groups in total. The number of nitrogens with zero attached hydrogens (tertiary/aromatic N) is 2. The summed E-state index contributed by atoms with van der Waals surface area (Å²) in [5, 5.41) is 7.38. The Bertz CT molecular complexity index is 1180. The molecular weight excluding hydrogens is 425 g/mol. The number of para-hydroxylation sites is 1. The zero-order valence-corrected chi connectivity index (χ0v) is 17.7. The molecule has 0 saturated carbocycles. The Morgan fingerprint density at radius 2 is 1.66 bits per heavy atom. The Hall–Kier alpha value is -2.46. The van der Waals surface area contributed by atoms with Crippen molar-refractivity contribution >= 4 is 51.9 Å². The fraction of sp³-hybridized carbons (Fsp3) is 0.0870. The topological polar surface area (TPSA) is 29.3 Å². The molecule has 0 radical (unpaired) electrons. The Morgan fingerprint density at radius 1 is 0.862 bits per heavy atom. The molecule has 3 nitrogen and oxygen atoms in total. The summed E-state index contributed by atoms with van der Waals surface area (Å²) in [6, 6.07) is 21.7. The van der Waals surface area contributed by atoms with Gasteiger partial charge in [0.2, 0.25) is 0 Å². The fourth-order valence-electron chi connectivity index (χ4n) is 3.23. The van der Waals surface area contributed by atoms with Crippen molar-refractivity contribution in [2.24, 2.45) is 5.10 Å². The van der Waals surface area contributed by atoms with E-state index in [1.54, 1.807) is 0 Å². The summed E-state index contributed by atoms with van der Waals surface area (Å²) in [5.74, 6) is 0. The van der Waals surface area contributed by atoms with E-state index < -0.39 is 0 Å². The number of rotatable bonds is 6. The van der Waals surface area contributed by atoms with E-state index in [1.807, 2.05) is 60.8 Å². The van der Waals surface area contributed by atoms with Crippen molar-refractivity contribution in [3.8, 4) is 0 Å². The highest BCUT2D eigenvalue weighted by Gasteiger charge is 2.08. The molecule has 6 heteroatoms. The lowest BCUT2D eigenvalue weighted by Gasteiger charge is -2.06.